The van der Waals surface area contributed by atoms with Crippen LogP contribution in [0.3, 0.4) is 0 Å². The quantitative estimate of drug-likeness (QED) is 0.640. The number of anilines is 2. The van der Waals surface area contributed by atoms with Crippen molar-refractivity contribution in [3.8, 4) is 10.6 Å². The van der Waals surface area contributed by atoms with Crippen molar-refractivity contribution in [2.24, 2.45) is 0 Å². The zero-order chi connectivity index (χ0) is 19.9. The summed E-state index contributed by atoms with van der Waals surface area (Å²) in [5, 5.41) is 11.8. The molecule has 28 heavy (non-hydrogen) atoms. The third-order valence-corrected chi connectivity index (χ3v) is 4.77. The van der Waals surface area contributed by atoms with Crippen molar-refractivity contribution >= 4 is 34.5 Å². The zero-order valence-electron chi connectivity index (χ0n) is 15.3. The van der Waals surface area contributed by atoms with Crippen molar-refractivity contribution in [1.82, 2.24) is 9.78 Å². The molecule has 0 saturated carbocycles. The van der Waals surface area contributed by atoms with Crippen molar-refractivity contribution in [3.63, 3.8) is 0 Å². The van der Waals surface area contributed by atoms with Gasteiger partial charge in [-0.3, -0.25) is 14.4 Å². The third-order valence-electron chi connectivity index (χ3n) is 3.88. The van der Waals surface area contributed by atoms with Crippen LogP contribution in [0.15, 0.2) is 58.7 Å². The number of carbonyl (C=O) groups excluding carboxylic acids is 2. The average Bonchev–Trinajstić information content (AvgIpc) is 3.17. The van der Waals surface area contributed by atoms with Crippen molar-refractivity contribution in [3.05, 3.63) is 64.3 Å². The first-order chi connectivity index (χ1) is 13.5. The van der Waals surface area contributed by atoms with E-state index >= 15 is 0 Å². The van der Waals surface area contributed by atoms with Crippen LogP contribution < -0.4 is 16.2 Å². The summed E-state index contributed by atoms with van der Waals surface area (Å²) < 4.78 is 1.39. The molecule has 0 radical (unpaired) electrons. The predicted octanol–water partition coefficient (Wildman–Crippen LogP) is 3.35. The summed E-state index contributed by atoms with van der Waals surface area (Å²) in [5.41, 5.74) is 1.77. The molecule has 0 atom stereocenters. The Morgan fingerprint density at radius 3 is 2.57 bits per heavy atom. The van der Waals surface area contributed by atoms with Crippen LogP contribution in [0.5, 0.6) is 0 Å². The van der Waals surface area contributed by atoms with Gasteiger partial charge in [0.2, 0.25) is 11.8 Å². The third kappa shape index (κ3) is 5.37. The average molecular weight is 396 g/mol. The minimum absolute atomic E-state index is 0.164. The second-order valence-electron chi connectivity index (χ2n) is 6.17. The number of carbonyl (C=O) groups is 2. The minimum Gasteiger partial charge on any atom is -0.326 e. The van der Waals surface area contributed by atoms with E-state index in [9.17, 15) is 14.4 Å². The molecule has 2 amide bonds. The van der Waals surface area contributed by atoms with Gasteiger partial charge < -0.3 is 10.6 Å². The molecule has 8 heteroatoms. The topological polar surface area (TPSA) is 93.1 Å². The highest BCUT2D eigenvalue weighted by molar-refractivity contribution is 7.13. The van der Waals surface area contributed by atoms with Gasteiger partial charge in [0, 0.05) is 37.3 Å². The van der Waals surface area contributed by atoms with Gasteiger partial charge in [-0.1, -0.05) is 12.1 Å². The number of nitrogens with one attached hydrogen (secondary N) is 2. The van der Waals surface area contributed by atoms with Crippen LogP contribution in [-0.4, -0.2) is 21.6 Å². The van der Waals surface area contributed by atoms with Crippen molar-refractivity contribution in [2.45, 2.75) is 26.3 Å². The molecule has 1 aromatic carbocycles. The number of hydrogen-bond donors (Lipinski definition) is 2. The molecular weight excluding hydrogens is 376 g/mol. The summed E-state index contributed by atoms with van der Waals surface area (Å²) in [6, 6.07) is 14.0. The summed E-state index contributed by atoms with van der Waals surface area (Å²) in [5.74, 6) is -0.339. The number of benzene rings is 1. The van der Waals surface area contributed by atoms with Crippen LogP contribution in [0.4, 0.5) is 11.4 Å². The second-order valence-corrected chi connectivity index (χ2v) is 7.12. The summed E-state index contributed by atoms with van der Waals surface area (Å²) >= 11 is 1.56. The highest BCUT2D eigenvalue weighted by Gasteiger charge is 2.07. The highest BCUT2D eigenvalue weighted by Crippen LogP contribution is 2.21. The minimum atomic E-state index is -0.191. The van der Waals surface area contributed by atoms with Gasteiger partial charge >= 0.3 is 0 Å². The lowest BCUT2D eigenvalue weighted by molar-refractivity contribution is -0.116. The van der Waals surface area contributed by atoms with E-state index in [1.807, 2.05) is 17.5 Å². The normalized spacial score (nSPS) is 10.5. The summed E-state index contributed by atoms with van der Waals surface area (Å²) in [4.78, 5) is 36.3. The van der Waals surface area contributed by atoms with Crippen LogP contribution >= 0.6 is 11.3 Å². The predicted molar refractivity (Wildman–Crippen MR) is 110 cm³/mol. The van der Waals surface area contributed by atoms with E-state index < -0.39 is 0 Å². The fourth-order valence-corrected chi connectivity index (χ4v) is 3.35. The van der Waals surface area contributed by atoms with Crippen LogP contribution in [0.1, 0.15) is 19.8 Å². The standard InChI is InChI=1S/C20H20N4O3S/c1-14(25)21-15-5-2-6-16(13-15)22-19(26)8-3-11-24-20(27)10-9-17(23-24)18-7-4-12-28-18/h2,4-7,9-10,12-13H,3,8,11H2,1H3,(H,21,25)(H,22,26). The van der Waals surface area contributed by atoms with Crippen LogP contribution in [0.2, 0.25) is 0 Å². The molecule has 0 fully saturated rings. The Labute approximate surface area is 166 Å². The molecule has 7 nitrogen and oxygen atoms in total. The van der Waals surface area contributed by atoms with Gasteiger partial charge in [-0.2, -0.15) is 5.10 Å². The highest BCUT2D eigenvalue weighted by atomic mass is 32.1. The molecule has 144 valence electrons. The Morgan fingerprint density at radius 2 is 1.86 bits per heavy atom. The Bertz CT molecular complexity index is 1030. The van der Waals surface area contributed by atoms with Gasteiger partial charge in [0.15, 0.2) is 0 Å². The van der Waals surface area contributed by atoms with Gasteiger partial charge in [-0.05, 0) is 42.1 Å². The maximum Gasteiger partial charge on any atom is 0.266 e. The smallest absolute Gasteiger partial charge is 0.266 e. The number of hydrogen-bond acceptors (Lipinski definition) is 5. The van der Waals surface area contributed by atoms with E-state index in [2.05, 4.69) is 15.7 Å². The largest absolute Gasteiger partial charge is 0.326 e. The molecule has 0 aliphatic rings. The van der Waals surface area contributed by atoms with E-state index in [-0.39, 0.29) is 23.8 Å². The Hall–Kier alpha value is -3.26. The first-order valence-corrected chi connectivity index (χ1v) is 9.69. The maximum absolute atomic E-state index is 12.2. The molecule has 2 aromatic heterocycles. The number of thiophene rings is 1. The summed E-state index contributed by atoms with van der Waals surface area (Å²) in [6.07, 6.45) is 0.736. The molecule has 2 N–H and O–H groups in total. The van der Waals surface area contributed by atoms with Gasteiger partial charge in [0.05, 0.1) is 4.88 Å². The lowest BCUT2D eigenvalue weighted by Crippen LogP contribution is -2.23. The molecule has 3 aromatic rings. The first-order valence-electron chi connectivity index (χ1n) is 8.81. The number of nitrogens with zero attached hydrogens (tertiary/aromatic N) is 2. The van der Waals surface area contributed by atoms with Crippen LogP contribution in [0, 0.1) is 0 Å². The zero-order valence-corrected chi connectivity index (χ0v) is 16.2. The number of aryl methyl sites for hydroxylation is 1. The van der Waals surface area contributed by atoms with Crippen LogP contribution in [-0.2, 0) is 16.1 Å². The molecule has 0 bridgehead atoms. The molecule has 0 unspecified atom stereocenters. The molecule has 2 heterocycles. The molecule has 0 saturated heterocycles. The lowest BCUT2D eigenvalue weighted by Gasteiger charge is -2.09. The lowest BCUT2D eigenvalue weighted by atomic mass is 10.2. The molecule has 0 aliphatic carbocycles. The fourth-order valence-electron chi connectivity index (χ4n) is 2.66. The van der Waals surface area contributed by atoms with Crippen LogP contribution in [0.25, 0.3) is 10.6 Å². The Morgan fingerprint density at radius 1 is 1.07 bits per heavy atom. The Kier molecular flexibility index (Phi) is 6.33. The van der Waals surface area contributed by atoms with E-state index in [1.54, 1.807) is 41.7 Å². The summed E-state index contributed by atoms with van der Waals surface area (Å²) in [6.45, 7) is 1.78. The molecule has 3 rings (SSSR count). The van der Waals surface area contributed by atoms with Crippen molar-refractivity contribution in [1.29, 1.82) is 0 Å². The van der Waals surface area contributed by atoms with E-state index in [0.717, 1.165) is 10.6 Å². The fraction of sp³-hybridized carbons (Fsp3) is 0.200. The monoisotopic (exact) mass is 396 g/mol. The second kappa shape index (κ2) is 9.09. The van der Waals surface area contributed by atoms with Gasteiger partial charge in [-0.15, -0.1) is 11.3 Å². The molecule has 0 aliphatic heterocycles. The number of rotatable bonds is 7. The molecule has 0 spiro atoms. The van der Waals surface area contributed by atoms with Gasteiger partial charge in [0.1, 0.15) is 5.69 Å². The number of amides is 2. The van der Waals surface area contributed by atoms with E-state index in [4.69, 9.17) is 0 Å². The van der Waals surface area contributed by atoms with Gasteiger partial charge in [0.25, 0.3) is 5.56 Å². The SMILES string of the molecule is CC(=O)Nc1cccc(NC(=O)CCCn2nc(-c3cccs3)ccc2=O)c1. The van der Waals surface area contributed by atoms with E-state index in [1.165, 1.54) is 17.7 Å². The van der Waals surface area contributed by atoms with Crippen molar-refractivity contribution in [2.75, 3.05) is 10.6 Å². The molecular formula is C20H20N4O3S. The number of aromatic nitrogens is 2. The maximum atomic E-state index is 12.2. The Balaban J connectivity index is 1.55. The first kappa shape index (κ1) is 19.5. The summed E-state index contributed by atoms with van der Waals surface area (Å²) in [7, 11) is 0. The van der Waals surface area contributed by atoms with Crippen molar-refractivity contribution < 1.29 is 9.59 Å². The van der Waals surface area contributed by atoms with E-state index in [0.29, 0.717) is 24.3 Å². The van der Waals surface area contributed by atoms with Gasteiger partial charge in [-0.25, -0.2) is 4.68 Å².